The highest BCUT2D eigenvalue weighted by molar-refractivity contribution is 5.95. The van der Waals surface area contributed by atoms with Crippen molar-refractivity contribution in [2.45, 2.75) is 38.1 Å². The van der Waals surface area contributed by atoms with E-state index in [2.05, 4.69) is 4.98 Å². The van der Waals surface area contributed by atoms with E-state index in [1.54, 1.807) is 24.4 Å². The molecule has 0 spiro atoms. The van der Waals surface area contributed by atoms with E-state index < -0.39 is 5.82 Å². The summed E-state index contributed by atoms with van der Waals surface area (Å²) in [4.78, 5) is 18.8. The number of halogens is 1. The third kappa shape index (κ3) is 2.99. The van der Waals surface area contributed by atoms with E-state index in [-0.39, 0.29) is 5.91 Å². The number of hydrogen-bond acceptors (Lipinski definition) is 3. The maximum atomic E-state index is 14.7. The Morgan fingerprint density at radius 1 is 1.12 bits per heavy atom. The van der Waals surface area contributed by atoms with Crippen molar-refractivity contribution in [3.8, 4) is 11.1 Å². The van der Waals surface area contributed by atoms with Gasteiger partial charge in [-0.15, -0.1) is 0 Å². The third-order valence-corrected chi connectivity index (χ3v) is 5.65. The van der Waals surface area contributed by atoms with Gasteiger partial charge in [-0.2, -0.15) is 0 Å². The molecule has 3 heterocycles. The number of nitrogens with zero attached hydrogens (tertiary/aromatic N) is 2. The number of rotatable bonds is 2. The Bertz CT molecular complexity index is 799. The number of benzene rings is 1. The Hall–Kier alpha value is -2.43. The topological polar surface area (TPSA) is 59.2 Å². The van der Waals surface area contributed by atoms with E-state index in [0.29, 0.717) is 28.4 Å². The molecule has 2 bridgehead atoms. The number of amides is 1. The van der Waals surface area contributed by atoms with E-state index >= 15 is 0 Å². The third-order valence-electron chi connectivity index (χ3n) is 5.65. The second-order valence-corrected chi connectivity index (χ2v) is 7.12. The lowest BCUT2D eigenvalue weighted by atomic mass is 9.86. The van der Waals surface area contributed by atoms with Gasteiger partial charge in [-0.25, -0.2) is 4.39 Å². The molecule has 2 aliphatic heterocycles. The fourth-order valence-corrected chi connectivity index (χ4v) is 4.20. The van der Waals surface area contributed by atoms with Crippen LogP contribution >= 0.6 is 0 Å². The summed E-state index contributed by atoms with van der Waals surface area (Å²) in [5.41, 5.74) is 7.72. The van der Waals surface area contributed by atoms with Gasteiger partial charge in [0.05, 0.1) is 11.9 Å². The summed E-state index contributed by atoms with van der Waals surface area (Å²) in [7, 11) is 0. The van der Waals surface area contributed by atoms with Gasteiger partial charge >= 0.3 is 0 Å². The normalized spacial score (nSPS) is 22.7. The number of pyridine rings is 1. The first-order valence-electron chi connectivity index (χ1n) is 8.94. The molecule has 2 aromatic rings. The zero-order valence-corrected chi connectivity index (χ0v) is 14.1. The van der Waals surface area contributed by atoms with Crippen molar-refractivity contribution in [2.75, 3.05) is 12.3 Å². The van der Waals surface area contributed by atoms with Crippen LogP contribution in [0.3, 0.4) is 0 Å². The van der Waals surface area contributed by atoms with E-state index in [1.165, 1.54) is 25.1 Å². The van der Waals surface area contributed by atoms with Crippen LogP contribution in [0.25, 0.3) is 11.1 Å². The molecule has 0 atom stereocenters. The van der Waals surface area contributed by atoms with Crippen LogP contribution in [0, 0.1) is 11.7 Å². The van der Waals surface area contributed by atoms with Gasteiger partial charge in [-0.1, -0.05) is 6.07 Å². The molecule has 5 heteroatoms. The average molecular weight is 339 g/mol. The molecule has 1 amide bonds. The Kier molecular flexibility index (Phi) is 4.15. The van der Waals surface area contributed by atoms with E-state index in [9.17, 15) is 9.18 Å². The van der Waals surface area contributed by atoms with Crippen LogP contribution in [0.4, 0.5) is 10.1 Å². The van der Waals surface area contributed by atoms with Crippen molar-refractivity contribution in [3.05, 3.63) is 48.0 Å². The van der Waals surface area contributed by atoms with Crippen LogP contribution in [0.15, 0.2) is 36.7 Å². The maximum Gasteiger partial charge on any atom is 0.254 e. The molecular formula is C20H22FN3O. The van der Waals surface area contributed by atoms with E-state index in [1.807, 2.05) is 4.90 Å². The first-order chi connectivity index (χ1) is 12.1. The first kappa shape index (κ1) is 16.1. The quantitative estimate of drug-likeness (QED) is 0.903. The van der Waals surface area contributed by atoms with Crippen LogP contribution < -0.4 is 5.73 Å². The lowest BCUT2D eigenvalue weighted by Gasteiger charge is -2.31. The summed E-state index contributed by atoms with van der Waals surface area (Å²) in [6, 6.07) is 6.68. The molecule has 3 aliphatic rings. The molecule has 1 aliphatic carbocycles. The van der Waals surface area contributed by atoms with Gasteiger partial charge < -0.3 is 10.6 Å². The molecule has 2 saturated heterocycles. The number of nitrogens with two attached hydrogens (primary N) is 1. The van der Waals surface area contributed by atoms with Crippen molar-refractivity contribution < 1.29 is 9.18 Å². The standard InChI is InChI=1S/C20H22FN3O/c21-18-11-14(3-6-16(18)17-7-9-23-12-19(17)22)20(25)24-10-8-13-1-4-15(24)5-2-13/h3,6-7,9,11-13,15H,1-2,4-5,8,10,22H2. The van der Waals surface area contributed by atoms with Crippen LogP contribution in [-0.4, -0.2) is 28.4 Å². The van der Waals surface area contributed by atoms with Crippen molar-refractivity contribution in [3.63, 3.8) is 0 Å². The number of hydrogen-bond donors (Lipinski definition) is 1. The SMILES string of the molecule is Nc1cnccc1-c1ccc(C(=O)N2CCC3CCC2CC3)cc1F. The van der Waals surface area contributed by atoms with Gasteiger partial charge in [-0.3, -0.25) is 9.78 Å². The lowest BCUT2D eigenvalue weighted by molar-refractivity contribution is 0.0676. The molecule has 5 rings (SSSR count). The minimum atomic E-state index is -0.428. The Morgan fingerprint density at radius 3 is 2.64 bits per heavy atom. The molecule has 1 aromatic carbocycles. The molecule has 130 valence electrons. The minimum Gasteiger partial charge on any atom is -0.397 e. The Balaban J connectivity index is 1.62. The van der Waals surface area contributed by atoms with Gasteiger partial charge in [0.2, 0.25) is 0 Å². The summed E-state index contributed by atoms with van der Waals surface area (Å²) < 4.78 is 14.7. The van der Waals surface area contributed by atoms with Crippen LogP contribution in [-0.2, 0) is 0 Å². The monoisotopic (exact) mass is 339 g/mol. The molecule has 1 aromatic heterocycles. The van der Waals surface area contributed by atoms with Gasteiger partial charge in [-0.05, 0) is 56.2 Å². The molecule has 25 heavy (non-hydrogen) atoms. The number of nitrogen functional groups attached to an aromatic ring is 1. The summed E-state index contributed by atoms with van der Waals surface area (Å²) in [6.45, 7) is 0.787. The number of fused-ring (bicyclic) bond motifs is 4. The number of anilines is 1. The van der Waals surface area contributed by atoms with Crippen LogP contribution in [0.2, 0.25) is 0 Å². The van der Waals surface area contributed by atoms with Gasteiger partial charge in [0.25, 0.3) is 5.91 Å². The van der Waals surface area contributed by atoms with Gasteiger partial charge in [0.1, 0.15) is 5.82 Å². The summed E-state index contributed by atoms with van der Waals surface area (Å²) in [5.74, 6) is 0.270. The lowest BCUT2D eigenvalue weighted by Crippen LogP contribution is -2.39. The number of carbonyl (C=O) groups is 1. The van der Waals surface area contributed by atoms with E-state index in [0.717, 1.165) is 31.7 Å². The van der Waals surface area contributed by atoms with E-state index in [4.69, 9.17) is 5.73 Å². The summed E-state index contributed by atoms with van der Waals surface area (Å²) in [6.07, 6.45) is 8.72. The van der Waals surface area contributed by atoms with Gasteiger partial charge in [0, 0.05) is 35.5 Å². The molecule has 1 saturated carbocycles. The highest BCUT2D eigenvalue weighted by Crippen LogP contribution is 2.35. The predicted octanol–water partition coefficient (Wildman–Crippen LogP) is 3.87. The van der Waals surface area contributed by atoms with Crippen molar-refractivity contribution in [2.24, 2.45) is 5.92 Å². The summed E-state index contributed by atoms with van der Waals surface area (Å²) >= 11 is 0. The molecule has 2 N–H and O–H groups in total. The summed E-state index contributed by atoms with van der Waals surface area (Å²) in [5, 5.41) is 0. The van der Waals surface area contributed by atoms with Crippen LogP contribution in [0.5, 0.6) is 0 Å². The predicted molar refractivity (Wildman–Crippen MR) is 95.4 cm³/mol. The zero-order chi connectivity index (χ0) is 17.4. The molecule has 0 radical (unpaired) electrons. The van der Waals surface area contributed by atoms with Gasteiger partial charge in [0.15, 0.2) is 0 Å². The van der Waals surface area contributed by atoms with Crippen molar-refractivity contribution >= 4 is 11.6 Å². The Morgan fingerprint density at radius 2 is 1.92 bits per heavy atom. The first-order valence-corrected chi connectivity index (χ1v) is 8.94. The highest BCUT2D eigenvalue weighted by Gasteiger charge is 2.33. The molecular weight excluding hydrogens is 317 g/mol. The fourth-order valence-electron chi connectivity index (χ4n) is 4.20. The second kappa shape index (κ2) is 6.47. The fraction of sp³-hybridized carbons (Fsp3) is 0.400. The minimum absolute atomic E-state index is 0.0549. The largest absolute Gasteiger partial charge is 0.397 e. The molecule has 4 nitrogen and oxygen atoms in total. The highest BCUT2D eigenvalue weighted by atomic mass is 19.1. The second-order valence-electron chi connectivity index (χ2n) is 7.12. The Labute approximate surface area is 146 Å². The average Bonchev–Trinajstić information content (AvgIpc) is 2.96. The number of aromatic nitrogens is 1. The number of carbonyl (C=O) groups excluding carboxylic acids is 1. The smallest absolute Gasteiger partial charge is 0.254 e. The van der Waals surface area contributed by atoms with Crippen molar-refractivity contribution in [1.29, 1.82) is 0 Å². The van der Waals surface area contributed by atoms with Crippen molar-refractivity contribution in [1.82, 2.24) is 9.88 Å². The zero-order valence-electron chi connectivity index (χ0n) is 14.1. The van der Waals surface area contributed by atoms with Crippen LogP contribution in [0.1, 0.15) is 42.5 Å². The molecule has 0 unspecified atom stereocenters. The maximum absolute atomic E-state index is 14.7. The molecule has 3 fully saturated rings.